The van der Waals surface area contributed by atoms with Crippen molar-refractivity contribution >= 4 is 40.3 Å². The second-order valence-electron chi connectivity index (χ2n) is 3.18. The molecule has 0 heterocycles. The van der Waals surface area contributed by atoms with Crippen molar-refractivity contribution in [3.63, 3.8) is 0 Å². The lowest BCUT2D eigenvalue weighted by molar-refractivity contribution is -0.0328. The summed E-state index contributed by atoms with van der Waals surface area (Å²) in [7, 11) is 0. The Morgan fingerprint density at radius 2 is 2.16 bits per heavy atom. The molecule has 0 aromatic heterocycles. The standard InChI is InChI=1S/C11H7F3INO2S/c1-2-18-10(17)6-3-4-8(19-11(12,13)14)7(5-16)9(6)15/h3-4H,2H2,1H3. The van der Waals surface area contributed by atoms with E-state index in [2.05, 4.69) is 0 Å². The van der Waals surface area contributed by atoms with Gasteiger partial charge in [0.15, 0.2) is 0 Å². The first-order valence-electron chi connectivity index (χ1n) is 4.95. The second kappa shape index (κ2) is 6.47. The fourth-order valence-corrected chi connectivity index (χ4v) is 2.87. The van der Waals surface area contributed by atoms with Crippen LogP contribution in [0.2, 0.25) is 0 Å². The van der Waals surface area contributed by atoms with E-state index in [1.54, 1.807) is 35.6 Å². The normalized spacial score (nSPS) is 10.9. The number of carbonyl (C=O) groups excluding carboxylic acids is 1. The van der Waals surface area contributed by atoms with E-state index >= 15 is 0 Å². The first kappa shape index (κ1) is 16.1. The van der Waals surface area contributed by atoms with E-state index in [1.807, 2.05) is 0 Å². The minimum Gasteiger partial charge on any atom is -0.462 e. The lowest BCUT2D eigenvalue weighted by Crippen LogP contribution is -2.09. The minimum absolute atomic E-state index is 0.0884. The maximum Gasteiger partial charge on any atom is 0.446 e. The molecule has 0 fully saturated rings. The third-order valence-electron chi connectivity index (χ3n) is 1.94. The Bertz CT molecular complexity index is 540. The van der Waals surface area contributed by atoms with Crippen LogP contribution in [0.25, 0.3) is 0 Å². The minimum atomic E-state index is -4.49. The van der Waals surface area contributed by atoms with E-state index < -0.39 is 11.5 Å². The van der Waals surface area contributed by atoms with Crippen molar-refractivity contribution in [2.75, 3.05) is 6.61 Å². The highest BCUT2D eigenvalue weighted by atomic mass is 127. The first-order chi connectivity index (χ1) is 8.80. The highest BCUT2D eigenvalue weighted by Crippen LogP contribution is 2.40. The molecule has 102 valence electrons. The Hall–Kier alpha value is -0.950. The van der Waals surface area contributed by atoms with Crippen molar-refractivity contribution in [1.29, 1.82) is 5.26 Å². The molecule has 3 nitrogen and oxygen atoms in total. The number of alkyl halides is 3. The van der Waals surface area contributed by atoms with Gasteiger partial charge in [0, 0.05) is 8.47 Å². The lowest BCUT2D eigenvalue weighted by Gasteiger charge is -2.11. The van der Waals surface area contributed by atoms with E-state index in [-0.39, 0.29) is 38.0 Å². The Labute approximate surface area is 125 Å². The summed E-state index contributed by atoms with van der Waals surface area (Å²) in [6.45, 7) is 1.76. The lowest BCUT2D eigenvalue weighted by atomic mass is 10.1. The number of nitriles is 1. The maximum atomic E-state index is 12.3. The van der Waals surface area contributed by atoms with Crippen LogP contribution >= 0.6 is 34.4 Å². The predicted octanol–water partition coefficient (Wildman–Crippen LogP) is 3.95. The van der Waals surface area contributed by atoms with Crippen LogP contribution in [0.3, 0.4) is 0 Å². The van der Waals surface area contributed by atoms with Crippen molar-refractivity contribution in [3.8, 4) is 6.07 Å². The molecule has 0 amide bonds. The van der Waals surface area contributed by atoms with E-state index in [0.717, 1.165) is 6.07 Å². The van der Waals surface area contributed by atoms with Crippen molar-refractivity contribution in [3.05, 3.63) is 26.8 Å². The molecule has 1 rings (SSSR count). The quantitative estimate of drug-likeness (QED) is 0.437. The second-order valence-corrected chi connectivity index (χ2v) is 5.37. The Morgan fingerprint density at radius 1 is 1.53 bits per heavy atom. The molecule has 1 aromatic carbocycles. The average Bonchev–Trinajstić information content (AvgIpc) is 2.27. The molecule has 0 radical (unpaired) electrons. The van der Waals surface area contributed by atoms with Gasteiger partial charge in [-0.2, -0.15) is 18.4 Å². The number of hydrogen-bond acceptors (Lipinski definition) is 4. The third kappa shape index (κ3) is 4.28. The van der Waals surface area contributed by atoms with Gasteiger partial charge in [-0.1, -0.05) is 0 Å². The SMILES string of the molecule is CCOC(=O)c1ccc(SC(F)(F)F)c(C#N)c1I. The summed E-state index contributed by atoms with van der Waals surface area (Å²) in [6.07, 6.45) is 0. The fourth-order valence-electron chi connectivity index (χ4n) is 1.24. The molecule has 0 bridgehead atoms. The van der Waals surface area contributed by atoms with Gasteiger partial charge in [0.05, 0.1) is 17.7 Å². The fraction of sp³-hybridized carbons (Fsp3) is 0.273. The van der Waals surface area contributed by atoms with Gasteiger partial charge < -0.3 is 4.74 Å². The molecule has 1 aromatic rings. The van der Waals surface area contributed by atoms with Gasteiger partial charge in [0.25, 0.3) is 0 Å². The molecule has 0 aliphatic carbocycles. The monoisotopic (exact) mass is 401 g/mol. The summed E-state index contributed by atoms with van der Waals surface area (Å²) in [6, 6.07) is 4.02. The molecule has 0 aliphatic rings. The van der Waals surface area contributed by atoms with Crippen LogP contribution in [0.15, 0.2) is 17.0 Å². The number of halogens is 4. The van der Waals surface area contributed by atoms with Gasteiger partial charge in [0.2, 0.25) is 0 Å². The molecule has 19 heavy (non-hydrogen) atoms. The molecule has 0 unspecified atom stereocenters. The highest BCUT2D eigenvalue weighted by Gasteiger charge is 2.31. The van der Waals surface area contributed by atoms with Gasteiger partial charge >= 0.3 is 11.5 Å². The highest BCUT2D eigenvalue weighted by molar-refractivity contribution is 14.1. The summed E-state index contributed by atoms with van der Waals surface area (Å²) in [4.78, 5) is 11.3. The molecule has 0 saturated carbocycles. The smallest absolute Gasteiger partial charge is 0.446 e. The van der Waals surface area contributed by atoms with Crippen LogP contribution in [0.4, 0.5) is 13.2 Å². The zero-order valence-electron chi connectivity index (χ0n) is 9.55. The van der Waals surface area contributed by atoms with Crippen LogP contribution in [0.1, 0.15) is 22.8 Å². The third-order valence-corrected chi connectivity index (χ3v) is 3.85. The van der Waals surface area contributed by atoms with Gasteiger partial charge in [-0.25, -0.2) is 4.79 Å². The van der Waals surface area contributed by atoms with E-state index in [0.29, 0.717) is 0 Å². The zero-order chi connectivity index (χ0) is 14.6. The van der Waals surface area contributed by atoms with Crippen LogP contribution < -0.4 is 0 Å². The van der Waals surface area contributed by atoms with Gasteiger partial charge in [-0.3, -0.25) is 0 Å². The summed E-state index contributed by atoms with van der Waals surface area (Å²) >= 11 is 1.29. The molecule has 0 atom stereocenters. The number of nitrogens with zero attached hydrogens (tertiary/aromatic N) is 1. The summed E-state index contributed by atoms with van der Waals surface area (Å²) < 4.78 is 41.9. The summed E-state index contributed by atoms with van der Waals surface area (Å²) in [5.41, 5.74) is -4.57. The van der Waals surface area contributed by atoms with Crippen molar-refractivity contribution in [2.24, 2.45) is 0 Å². The molecule has 8 heteroatoms. The van der Waals surface area contributed by atoms with Gasteiger partial charge in [-0.05, 0) is 53.4 Å². The molecular formula is C11H7F3INO2S. The number of benzene rings is 1. The van der Waals surface area contributed by atoms with Gasteiger partial charge in [-0.15, -0.1) is 0 Å². The number of carbonyl (C=O) groups is 1. The van der Waals surface area contributed by atoms with Crippen molar-refractivity contribution in [1.82, 2.24) is 0 Å². The van der Waals surface area contributed by atoms with Crippen molar-refractivity contribution < 1.29 is 22.7 Å². The average molecular weight is 401 g/mol. The zero-order valence-corrected chi connectivity index (χ0v) is 12.5. The van der Waals surface area contributed by atoms with Crippen molar-refractivity contribution in [2.45, 2.75) is 17.3 Å². The van der Waals surface area contributed by atoms with Crippen LogP contribution in [-0.4, -0.2) is 18.1 Å². The topological polar surface area (TPSA) is 50.1 Å². The number of thioether (sulfide) groups is 1. The Morgan fingerprint density at radius 3 is 2.63 bits per heavy atom. The Balaban J connectivity index is 3.24. The van der Waals surface area contributed by atoms with E-state index in [9.17, 15) is 18.0 Å². The molecule has 0 spiro atoms. The molecular weight excluding hydrogens is 394 g/mol. The van der Waals surface area contributed by atoms with E-state index in [4.69, 9.17) is 10.00 Å². The number of rotatable bonds is 3. The molecule has 0 saturated heterocycles. The Kier molecular flexibility index (Phi) is 5.49. The largest absolute Gasteiger partial charge is 0.462 e. The predicted molar refractivity (Wildman–Crippen MR) is 71.7 cm³/mol. The summed E-state index contributed by atoms with van der Waals surface area (Å²) in [5, 5.41) is 8.94. The number of hydrogen-bond donors (Lipinski definition) is 0. The first-order valence-corrected chi connectivity index (χ1v) is 6.85. The van der Waals surface area contributed by atoms with Gasteiger partial charge in [0.1, 0.15) is 6.07 Å². The molecule has 0 N–H and O–H groups in total. The van der Waals surface area contributed by atoms with Crippen LogP contribution in [-0.2, 0) is 4.74 Å². The summed E-state index contributed by atoms with van der Waals surface area (Å²) in [5.74, 6) is -0.660. The number of esters is 1. The van der Waals surface area contributed by atoms with Crippen LogP contribution in [0, 0.1) is 14.9 Å². The number of ether oxygens (including phenoxy) is 1. The van der Waals surface area contributed by atoms with E-state index in [1.165, 1.54) is 6.07 Å². The molecule has 0 aliphatic heterocycles. The maximum absolute atomic E-state index is 12.3. The van der Waals surface area contributed by atoms with Crippen LogP contribution in [0.5, 0.6) is 0 Å².